The molecule has 1 aromatic heterocycles. The molecule has 3 aliphatic heterocycles. The number of hydrogen-bond donors (Lipinski definition) is 1. The number of likely N-dealkylation sites (tertiary alicyclic amines) is 1. The molecule has 0 saturated carbocycles. The number of hydrogen-bond acceptors (Lipinski definition) is 4. The van der Waals surface area contributed by atoms with Gasteiger partial charge in [0, 0.05) is 38.1 Å². The Morgan fingerprint density at radius 1 is 0.973 bits per heavy atom. The monoisotopic (exact) mass is 499 g/mol. The number of para-hydroxylation sites is 2. The van der Waals surface area contributed by atoms with Gasteiger partial charge in [0.15, 0.2) is 0 Å². The van der Waals surface area contributed by atoms with Crippen molar-refractivity contribution in [2.75, 3.05) is 13.1 Å². The fourth-order valence-corrected chi connectivity index (χ4v) is 7.04. The maximum absolute atomic E-state index is 13.1. The van der Waals surface area contributed by atoms with Crippen LogP contribution in [0.1, 0.15) is 68.9 Å². The lowest BCUT2D eigenvalue weighted by atomic mass is 9.95. The SMILES string of the molecule is CC(=O)N1CC[C@@H]1C(=O)N[C@@H](CCN1C2CCC1CC(n1c(C)nc3ccccc31)C2)c1ccccc1. The van der Waals surface area contributed by atoms with Gasteiger partial charge < -0.3 is 14.8 Å². The van der Waals surface area contributed by atoms with E-state index < -0.39 is 0 Å². The minimum atomic E-state index is -0.330. The van der Waals surface area contributed by atoms with Gasteiger partial charge in [-0.15, -0.1) is 0 Å². The summed E-state index contributed by atoms with van der Waals surface area (Å²) in [7, 11) is 0. The van der Waals surface area contributed by atoms with E-state index >= 15 is 0 Å². The van der Waals surface area contributed by atoms with Crippen LogP contribution in [0.2, 0.25) is 0 Å². The number of rotatable bonds is 7. The van der Waals surface area contributed by atoms with E-state index in [4.69, 9.17) is 4.98 Å². The quantitative estimate of drug-likeness (QED) is 0.524. The summed E-state index contributed by atoms with van der Waals surface area (Å²) in [5, 5.41) is 3.30. The number of nitrogens with zero attached hydrogens (tertiary/aromatic N) is 4. The van der Waals surface area contributed by atoms with E-state index in [0.29, 0.717) is 24.7 Å². The normalized spacial score (nSPS) is 26.2. The Hall–Kier alpha value is -3.19. The van der Waals surface area contributed by atoms with Gasteiger partial charge in [0.1, 0.15) is 11.9 Å². The first kappa shape index (κ1) is 24.2. The third-order valence-corrected chi connectivity index (χ3v) is 8.92. The molecule has 194 valence electrons. The topological polar surface area (TPSA) is 70.5 Å². The molecule has 1 N–H and O–H groups in total. The van der Waals surface area contributed by atoms with E-state index in [1.807, 2.05) is 18.2 Å². The van der Waals surface area contributed by atoms with Crippen molar-refractivity contribution in [3.63, 3.8) is 0 Å². The fraction of sp³-hybridized carbons (Fsp3) is 0.500. The molecule has 2 aromatic carbocycles. The molecule has 6 rings (SSSR count). The van der Waals surface area contributed by atoms with E-state index in [0.717, 1.165) is 49.1 Å². The number of carbonyl (C=O) groups excluding carboxylic acids is 2. The number of benzene rings is 2. The van der Waals surface area contributed by atoms with E-state index in [2.05, 4.69) is 58.1 Å². The van der Waals surface area contributed by atoms with Gasteiger partial charge in [-0.2, -0.15) is 0 Å². The van der Waals surface area contributed by atoms with Crippen molar-refractivity contribution in [3.8, 4) is 0 Å². The van der Waals surface area contributed by atoms with Crippen LogP contribution in [0.5, 0.6) is 0 Å². The molecule has 0 radical (unpaired) electrons. The lowest BCUT2D eigenvalue weighted by Crippen LogP contribution is -2.58. The van der Waals surface area contributed by atoms with Crippen LogP contribution in [-0.2, 0) is 9.59 Å². The highest BCUT2D eigenvalue weighted by Gasteiger charge is 2.42. The minimum Gasteiger partial charge on any atom is -0.347 e. The summed E-state index contributed by atoms with van der Waals surface area (Å²) in [6.45, 7) is 5.32. The van der Waals surface area contributed by atoms with Crippen LogP contribution in [-0.4, -0.2) is 62.4 Å². The van der Waals surface area contributed by atoms with Crippen LogP contribution >= 0.6 is 0 Å². The second kappa shape index (κ2) is 9.93. The van der Waals surface area contributed by atoms with E-state index in [9.17, 15) is 9.59 Å². The standard InChI is InChI=1S/C30H37N5O2/c1-20-31-27-10-6-7-11-28(27)35(20)25-18-23-12-13-24(19-25)34(23)16-14-26(22-8-4-3-5-9-22)32-30(37)29-15-17-33(29)21(2)36/h3-11,23-26,29H,12-19H2,1-2H3,(H,32,37)/t23?,24?,25?,26-,29+/m0/s1. The predicted octanol–water partition coefficient (Wildman–Crippen LogP) is 4.38. The summed E-state index contributed by atoms with van der Waals surface area (Å²) < 4.78 is 2.48. The molecular weight excluding hydrogens is 462 g/mol. The number of imidazole rings is 1. The first-order chi connectivity index (χ1) is 18.0. The molecule has 37 heavy (non-hydrogen) atoms. The van der Waals surface area contributed by atoms with Gasteiger partial charge >= 0.3 is 0 Å². The van der Waals surface area contributed by atoms with Gasteiger partial charge in [-0.25, -0.2) is 4.98 Å². The summed E-state index contributed by atoms with van der Waals surface area (Å²) in [5.74, 6) is 1.06. The van der Waals surface area contributed by atoms with Gasteiger partial charge in [-0.1, -0.05) is 42.5 Å². The summed E-state index contributed by atoms with van der Waals surface area (Å²) in [4.78, 5) is 34.2. The van der Waals surface area contributed by atoms with Crippen molar-refractivity contribution in [1.82, 2.24) is 24.7 Å². The second-order valence-corrected chi connectivity index (χ2v) is 11.0. The number of piperidine rings is 1. The van der Waals surface area contributed by atoms with E-state index in [1.165, 1.54) is 18.4 Å². The summed E-state index contributed by atoms with van der Waals surface area (Å²) in [6, 6.07) is 20.0. The molecule has 7 heteroatoms. The third kappa shape index (κ3) is 4.54. The molecule has 3 aromatic rings. The van der Waals surface area contributed by atoms with Gasteiger partial charge in [0.25, 0.3) is 0 Å². The molecule has 2 unspecified atom stereocenters. The molecule has 4 atom stereocenters. The van der Waals surface area contributed by atoms with Crippen LogP contribution in [0.3, 0.4) is 0 Å². The van der Waals surface area contributed by atoms with Gasteiger partial charge in [-0.3, -0.25) is 14.5 Å². The molecule has 3 fully saturated rings. The van der Waals surface area contributed by atoms with Gasteiger partial charge in [-0.05, 0) is 63.1 Å². The first-order valence-corrected chi connectivity index (χ1v) is 13.8. The lowest BCUT2D eigenvalue weighted by molar-refractivity contribution is -0.146. The molecule has 2 amide bonds. The zero-order valence-electron chi connectivity index (χ0n) is 21.8. The Kier molecular flexibility index (Phi) is 6.49. The van der Waals surface area contributed by atoms with Crippen molar-refractivity contribution in [2.24, 2.45) is 0 Å². The summed E-state index contributed by atoms with van der Waals surface area (Å²) in [5.41, 5.74) is 3.47. The van der Waals surface area contributed by atoms with Crippen molar-refractivity contribution in [2.45, 2.75) is 82.6 Å². The molecule has 4 heterocycles. The van der Waals surface area contributed by atoms with Crippen LogP contribution in [0.25, 0.3) is 11.0 Å². The Bertz CT molecular complexity index is 1270. The van der Waals surface area contributed by atoms with Crippen LogP contribution < -0.4 is 5.32 Å². The Morgan fingerprint density at radius 3 is 2.35 bits per heavy atom. The Morgan fingerprint density at radius 2 is 1.68 bits per heavy atom. The van der Waals surface area contributed by atoms with Gasteiger partial charge in [0.05, 0.1) is 17.1 Å². The number of fused-ring (bicyclic) bond motifs is 3. The van der Waals surface area contributed by atoms with Crippen LogP contribution in [0, 0.1) is 6.92 Å². The Labute approximate surface area is 218 Å². The highest BCUT2D eigenvalue weighted by Crippen LogP contribution is 2.42. The molecule has 3 aliphatic rings. The molecule has 0 aliphatic carbocycles. The molecule has 0 spiro atoms. The maximum atomic E-state index is 13.1. The Balaban J connectivity index is 1.14. The lowest BCUT2D eigenvalue weighted by Gasteiger charge is -2.41. The number of aromatic nitrogens is 2. The van der Waals surface area contributed by atoms with Crippen molar-refractivity contribution >= 4 is 22.8 Å². The molecular formula is C30H37N5O2. The minimum absolute atomic E-state index is 0.0250. The van der Waals surface area contributed by atoms with Gasteiger partial charge in [0.2, 0.25) is 11.8 Å². The highest BCUT2D eigenvalue weighted by molar-refractivity contribution is 5.88. The first-order valence-electron chi connectivity index (χ1n) is 13.8. The number of aryl methyl sites for hydroxylation is 1. The zero-order chi connectivity index (χ0) is 25.5. The average Bonchev–Trinajstić information content (AvgIpc) is 3.31. The number of carbonyl (C=O) groups is 2. The van der Waals surface area contributed by atoms with Crippen molar-refractivity contribution < 1.29 is 9.59 Å². The van der Waals surface area contributed by atoms with Crippen LogP contribution in [0.15, 0.2) is 54.6 Å². The largest absolute Gasteiger partial charge is 0.347 e. The summed E-state index contributed by atoms with van der Waals surface area (Å²) in [6.07, 6.45) is 6.39. The molecule has 3 saturated heterocycles. The zero-order valence-corrected chi connectivity index (χ0v) is 21.8. The number of nitrogens with one attached hydrogen (secondary N) is 1. The smallest absolute Gasteiger partial charge is 0.243 e. The highest BCUT2D eigenvalue weighted by atomic mass is 16.2. The fourth-order valence-electron chi connectivity index (χ4n) is 7.04. The second-order valence-electron chi connectivity index (χ2n) is 11.0. The van der Waals surface area contributed by atoms with Crippen LogP contribution in [0.4, 0.5) is 0 Å². The average molecular weight is 500 g/mol. The molecule has 2 bridgehead atoms. The predicted molar refractivity (Wildman–Crippen MR) is 144 cm³/mol. The molecule has 7 nitrogen and oxygen atoms in total. The summed E-state index contributed by atoms with van der Waals surface area (Å²) >= 11 is 0. The number of amides is 2. The van der Waals surface area contributed by atoms with Crippen molar-refractivity contribution in [3.05, 3.63) is 66.0 Å². The van der Waals surface area contributed by atoms with E-state index in [-0.39, 0.29) is 23.9 Å². The van der Waals surface area contributed by atoms with E-state index in [1.54, 1.807) is 11.8 Å². The third-order valence-electron chi connectivity index (χ3n) is 8.92. The maximum Gasteiger partial charge on any atom is 0.243 e. The van der Waals surface area contributed by atoms with Crippen molar-refractivity contribution in [1.29, 1.82) is 0 Å².